The third-order valence-electron chi connectivity index (χ3n) is 5.01. The maximum Gasteiger partial charge on any atom is 0.274 e. The van der Waals surface area contributed by atoms with Crippen LogP contribution in [0.4, 0.5) is 10.1 Å². The zero-order chi connectivity index (χ0) is 22.1. The van der Waals surface area contributed by atoms with E-state index in [0.29, 0.717) is 17.0 Å². The van der Waals surface area contributed by atoms with Crippen molar-refractivity contribution in [2.45, 2.75) is 20.0 Å². The fourth-order valence-corrected chi connectivity index (χ4v) is 4.58. The van der Waals surface area contributed by atoms with Gasteiger partial charge in [-0.15, -0.1) is 11.3 Å². The van der Waals surface area contributed by atoms with Crippen molar-refractivity contribution in [1.29, 1.82) is 0 Å². The molecule has 7 nitrogen and oxygen atoms in total. The summed E-state index contributed by atoms with van der Waals surface area (Å²) in [6.07, 6.45) is 0. The summed E-state index contributed by atoms with van der Waals surface area (Å²) in [5, 5.41) is 16.7. The molecule has 4 aromatic rings. The topological polar surface area (TPSA) is 81.3 Å². The van der Waals surface area contributed by atoms with E-state index < -0.39 is 4.92 Å². The minimum Gasteiger partial charge on any atom is -0.336 e. The van der Waals surface area contributed by atoms with Gasteiger partial charge in [-0.25, -0.2) is 4.39 Å². The van der Waals surface area contributed by atoms with Crippen LogP contribution in [0.2, 0.25) is 0 Å². The van der Waals surface area contributed by atoms with Gasteiger partial charge < -0.3 is 4.90 Å². The molecule has 31 heavy (non-hydrogen) atoms. The molecule has 0 spiro atoms. The number of halogens is 1. The van der Waals surface area contributed by atoms with E-state index in [2.05, 4.69) is 5.10 Å². The summed E-state index contributed by atoms with van der Waals surface area (Å²) in [5.74, 6) is -0.511. The van der Waals surface area contributed by atoms with Crippen LogP contribution >= 0.6 is 11.3 Å². The highest BCUT2D eigenvalue weighted by Crippen LogP contribution is 2.30. The number of benzene rings is 2. The van der Waals surface area contributed by atoms with Gasteiger partial charge in [0.15, 0.2) is 0 Å². The summed E-state index contributed by atoms with van der Waals surface area (Å²) in [4.78, 5) is 26.7. The lowest BCUT2D eigenvalue weighted by atomic mass is 10.1. The molecule has 158 valence electrons. The van der Waals surface area contributed by atoms with E-state index in [4.69, 9.17) is 0 Å². The van der Waals surface area contributed by atoms with E-state index in [1.807, 2.05) is 13.0 Å². The smallest absolute Gasteiger partial charge is 0.274 e. The minimum absolute atomic E-state index is 0.00993. The van der Waals surface area contributed by atoms with E-state index in [9.17, 15) is 19.3 Å². The van der Waals surface area contributed by atoms with Gasteiger partial charge in [-0.2, -0.15) is 5.10 Å². The third kappa shape index (κ3) is 4.17. The van der Waals surface area contributed by atoms with Crippen LogP contribution in [0.5, 0.6) is 0 Å². The summed E-state index contributed by atoms with van der Waals surface area (Å²) < 4.78 is 15.0. The van der Waals surface area contributed by atoms with Gasteiger partial charge in [0.2, 0.25) is 0 Å². The predicted molar refractivity (Wildman–Crippen MR) is 117 cm³/mol. The second kappa shape index (κ2) is 8.27. The molecule has 9 heteroatoms. The molecule has 0 aliphatic heterocycles. The van der Waals surface area contributed by atoms with Crippen molar-refractivity contribution in [3.63, 3.8) is 0 Å². The molecule has 1 amide bonds. The molecule has 0 radical (unpaired) electrons. The van der Waals surface area contributed by atoms with Gasteiger partial charge in [0.25, 0.3) is 11.6 Å². The Morgan fingerprint density at radius 1 is 1.23 bits per heavy atom. The number of hydrogen-bond donors (Lipinski definition) is 0. The normalized spacial score (nSPS) is 11.1. The Balaban J connectivity index is 1.59. The Morgan fingerprint density at radius 3 is 2.65 bits per heavy atom. The lowest BCUT2D eigenvalue weighted by molar-refractivity contribution is -0.385. The molecule has 0 bridgehead atoms. The number of nitrogens with zero attached hydrogens (tertiary/aromatic N) is 4. The summed E-state index contributed by atoms with van der Waals surface area (Å²) in [6, 6.07) is 14.4. The molecule has 2 aromatic carbocycles. The average Bonchev–Trinajstić information content (AvgIpc) is 3.30. The molecule has 0 N–H and O–H groups in total. The first kappa shape index (κ1) is 20.7. The number of rotatable bonds is 6. The first-order chi connectivity index (χ1) is 14.8. The van der Waals surface area contributed by atoms with Gasteiger partial charge in [-0.1, -0.05) is 30.3 Å². The Morgan fingerprint density at radius 2 is 1.94 bits per heavy atom. The first-order valence-electron chi connectivity index (χ1n) is 9.52. The van der Waals surface area contributed by atoms with Crippen molar-refractivity contribution in [2.24, 2.45) is 0 Å². The van der Waals surface area contributed by atoms with Crippen molar-refractivity contribution in [3.05, 3.63) is 92.2 Å². The molecule has 0 atom stereocenters. The molecular formula is C22H19FN4O3S. The quantitative estimate of drug-likeness (QED) is 0.321. The number of amides is 1. The number of nitro groups is 1. The number of thiophene rings is 1. The summed E-state index contributed by atoms with van der Waals surface area (Å²) in [6.45, 7) is 2.47. The van der Waals surface area contributed by atoms with Crippen LogP contribution in [-0.4, -0.2) is 32.6 Å². The standard InChI is InChI=1S/C22H19FN4O3S/c1-14-18-11-20(21(28)25(2)13-16-5-3-4-6-19(16)27(29)30)31-22(18)26(24-14)12-15-7-9-17(23)10-8-15/h3-11H,12-13H2,1-2H3. The van der Waals surface area contributed by atoms with Crippen LogP contribution in [0, 0.1) is 22.9 Å². The van der Waals surface area contributed by atoms with E-state index in [1.54, 1.807) is 42.1 Å². The molecule has 0 unspecified atom stereocenters. The second-order valence-electron chi connectivity index (χ2n) is 7.25. The highest BCUT2D eigenvalue weighted by atomic mass is 32.1. The van der Waals surface area contributed by atoms with Gasteiger partial charge in [0.05, 0.1) is 28.6 Å². The van der Waals surface area contributed by atoms with Crippen LogP contribution < -0.4 is 0 Å². The van der Waals surface area contributed by atoms with Crippen molar-refractivity contribution < 1.29 is 14.1 Å². The van der Waals surface area contributed by atoms with Crippen molar-refractivity contribution in [3.8, 4) is 0 Å². The van der Waals surface area contributed by atoms with E-state index in [-0.39, 0.29) is 24.0 Å². The molecule has 2 heterocycles. The fraction of sp³-hybridized carbons (Fsp3) is 0.182. The zero-order valence-electron chi connectivity index (χ0n) is 16.9. The number of aryl methyl sites for hydroxylation is 1. The van der Waals surface area contributed by atoms with E-state index in [0.717, 1.165) is 21.5 Å². The predicted octanol–water partition coefficient (Wildman–Crippen LogP) is 4.77. The maximum atomic E-state index is 13.2. The molecule has 0 saturated heterocycles. The van der Waals surface area contributed by atoms with Gasteiger partial charge in [0, 0.05) is 24.1 Å². The SMILES string of the molecule is Cc1nn(Cc2ccc(F)cc2)c2sc(C(=O)N(C)Cc3ccccc3[N+](=O)[O-])cc12. The minimum atomic E-state index is -0.444. The van der Waals surface area contributed by atoms with Crippen LogP contribution in [0.1, 0.15) is 26.5 Å². The molecule has 0 fully saturated rings. The number of carbonyl (C=O) groups excluding carboxylic acids is 1. The molecule has 2 aromatic heterocycles. The summed E-state index contributed by atoms with van der Waals surface area (Å²) in [7, 11) is 1.63. The number of nitro benzene ring substituents is 1. The zero-order valence-corrected chi connectivity index (χ0v) is 17.7. The Kier molecular flexibility index (Phi) is 5.51. The monoisotopic (exact) mass is 438 g/mol. The Bertz CT molecular complexity index is 1280. The largest absolute Gasteiger partial charge is 0.336 e. The second-order valence-corrected chi connectivity index (χ2v) is 8.28. The molecule has 0 aliphatic rings. The van der Waals surface area contributed by atoms with Crippen LogP contribution in [0.25, 0.3) is 10.2 Å². The molecule has 4 rings (SSSR count). The Labute approximate surface area is 181 Å². The first-order valence-corrected chi connectivity index (χ1v) is 10.3. The van der Waals surface area contributed by atoms with Crippen molar-refractivity contribution in [1.82, 2.24) is 14.7 Å². The Hall–Kier alpha value is -3.59. The van der Waals surface area contributed by atoms with E-state index in [1.165, 1.54) is 34.4 Å². The lowest BCUT2D eigenvalue weighted by Crippen LogP contribution is -2.25. The highest BCUT2D eigenvalue weighted by Gasteiger charge is 2.21. The number of fused-ring (bicyclic) bond motifs is 1. The number of hydrogen-bond acceptors (Lipinski definition) is 5. The summed E-state index contributed by atoms with van der Waals surface area (Å²) in [5.41, 5.74) is 2.17. The van der Waals surface area contributed by atoms with Gasteiger partial charge >= 0.3 is 0 Å². The van der Waals surface area contributed by atoms with Gasteiger partial charge in [0.1, 0.15) is 10.6 Å². The van der Waals surface area contributed by atoms with Gasteiger partial charge in [-0.05, 0) is 30.7 Å². The average molecular weight is 438 g/mol. The van der Waals surface area contributed by atoms with Crippen molar-refractivity contribution >= 4 is 33.1 Å². The summed E-state index contributed by atoms with van der Waals surface area (Å²) >= 11 is 1.33. The maximum absolute atomic E-state index is 13.2. The van der Waals surface area contributed by atoms with E-state index >= 15 is 0 Å². The third-order valence-corrected chi connectivity index (χ3v) is 6.14. The fourth-order valence-electron chi connectivity index (χ4n) is 3.43. The van der Waals surface area contributed by atoms with Crippen LogP contribution in [0.15, 0.2) is 54.6 Å². The van der Waals surface area contributed by atoms with Crippen LogP contribution in [0.3, 0.4) is 0 Å². The number of para-hydroxylation sites is 1. The number of carbonyl (C=O) groups is 1. The molecule has 0 aliphatic carbocycles. The lowest BCUT2D eigenvalue weighted by Gasteiger charge is -2.16. The molecule has 0 saturated carbocycles. The van der Waals surface area contributed by atoms with Crippen molar-refractivity contribution in [2.75, 3.05) is 7.05 Å². The van der Waals surface area contributed by atoms with Crippen LogP contribution in [-0.2, 0) is 13.1 Å². The van der Waals surface area contributed by atoms with Gasteiger partial charge in [-0.3, -0.25) is 19.6 Å². The molecular weight excluding hydrogens is 419 g/mol. The highest BCUT2D eigenvalue weighted by molar-refractivity contribution is 7.20. The number of aromatic nitrogens is 2.